The minimum atomic E-state index is -1.53. The summed E-state index contributed by atoms with van der Waals surface area (Å²) in [6.45, 7) is 4.82. The fraction of sp³-hybridized carbons (Fsp3) is 0.688. The topological polar surface area (TPSA) is 188 Å². The van der Waals surface area contributed by atoms with Gasteiger partial charge in [0.05, 0.1) is 12.5 Å². The summed E-state index contributed by atoms with van der Waals surface area (Å²) in [4.78, 5) is 58.5. The van der Waals surface area contributed by atoms with Crippen LogP contribution >= 0.6 is 12.6 Å². The van der Waals surface area contributed by atoms with Crippen LogP contribution in [0.5, 0.6) is 0 Å². The number of thiol groups is 1. The highest BCUT2D eigenvalue weighted by Crippen LogP contribution is 2.06. The Balaban J connectivity index is 5.15. The van der Waals surface area contributed by atoms with Crippen molar-refractivity contribution >= 4 is 42.3 Å². The van der Waals surface area contributed by atoms with E-state index in [0.717, 1.165) is 0 Å². The van der Waals surface area contributed by atoms with Crippen LogP contribution in [-0.4, -0.2) is 69.8 Å². The summed E-state index contributed by atoms with van der Waals surface area (Å²) in [5.41, 5.74) is 5.81. The molecule has 0 aliphatic rings. The molecule has 5 unspecified atom stereocenters. The molecule has 0 spiro atoms. The summed E-state index contributed by atoms with van der Waals surface area (Å²) < 4.78 is 0. The molecule has 5 atom stereocenters. The number of rotatable bonds is 12. The van der Waals surface area contributed by atoms with Crippen LogP contribution in [0.15, 0.2) is 0 Å². The summed E-state index contributed by atoms with van der Waals surface area (Å²) in [6.07, 6.45) is -0.127. The molecule has 28 heavy (non-hydrogen) atoms. The third kappa shape index (κ3) is 8.57. The van der Waals surface area contributed by atoms with E-state index in [1.54, 1.807) is 6.92 Å². The predicted octanol–water partition coefficient (Wildman–Crippen LogP) is -1.68. The number of amides is 3. The van der Waals surface area contributed by atoms with Crippen LogP contribution < -0.4 is 21.7 Å². The first-order chi connectivity index (χ1) is 12.9. The molecule has 0 aliphatic carbocycles. The van der Waals surface area contributed by atoms with Crippen molar-refractivity contribution in [3.05, 3.63) is 0 Å². The van der Waals surface area contributed by atoms with Gasteiger partial charge in [-0.3, -0.25) is 24.0 Å². The Morgan fingerprint density at radius 1 is 0.929 bits per heavy atom. The summed E-state index contributed by atoms with van der Waals surface area (Å²) in [7, 11) is 0. The Morgan fingerprint density at radius 3 is 1.86 bits per heavy atom. The lowest BCUT2D eigenvalue weighted by Crippen LogP contribution is -2.58. The molecule has 0 saturated carbocycles. The van der Waals surface area contributed by atoms with E-state index in [0.29, 0.717) is 6.42 Å². The number of nitrogens with one attached hydrogen (secondary N) is 3. The van der Waals surface area contributed by atoms with Crippen LogP contribution in [0.2, 0.25) is 0 Å². The SMILES string of the molecule is CCC(C)C(N)C(=O)NC(CS)C(=O)NC(CC(=O)O)C(=O)NC(C)C(=O)O. The van der Waals surface area contributed by atoms with Crippen molar-refractivity contribution in [2.75, 3.05) is 5.75 Å². The first-order valence-corrected chi connectivity index (χ1v) is 9.29. The molecule has 0 radical (unpaired) electrons. The molecule has 0 aliphatic heterocycles. The van der Waals surface area contributed by atoms with Gasteiger partial charge in [0, 0.05) is 5.75 Å². The molecule has 3 amide bonds. The van der Waals surface area contributed by atoms with E-state index in [2.05, 4.69) is 28.6 Å². The van der Waals surface area contributed by atoms with E-state index in [1.807, 2.05) is 6.92 Å². The molecular formula is C16H28N4O7S. The second-order valence-corrected chi connectivity index (χ2v) is 6.75. The highest BCUT2D eigenvalue weighted by molar-refractivity contribution is 7.80. The number of carboxylic acid groups (broad SMARTS) is 2. The van der Waals surface area contributed by atoms with Gasteiger partial charge in [-0.25, -0.2) is 0 Å². The zero-order valence-electron chi connectivity index (χ0n) is 16.0. The van der Waals surface area contributed by atoms with E-state index in [4.69, 9.17) is 15.9 Å². The maximum absolute atomic E-state index is 12.4. The average molecular weight is 420 g/mol. The van der Waals surface area contributed by atoms with E-state index in [1.165, 1.54) is 6.92 Å². The number of nitrogens with two attached hydrogens (primary N) is 1. The van der Waals surface area contributed by atoms with Crippen molar-refractivity contribution in [1.82, 2.24) is 16.0 Å². The number of carbonyl (C=O) groups excluding carboxylic acids is 3. The summed E-state index contributed by atoms with van der Waals surface area (Å²) in [5, 5.41) is 24.5. The van der Waals surface area contributed by atoms with Crippen LogP contribution in [0.3, 0.4) is 0 Å². The van der Waals surface area contributed by atoms with Gasteiger partial charge in [0.15, 0.2) is 0 Å². The molecule has 0 saturated heterocycles. The standard InChI is InChI=1S/C16H28N4O7S/c1-4-7(2)12(17)15(25)20-10(6-28)14(24)19-9(5-11(21)22)13(23)18-8(3)16(26)27/h7-10,12,28H,4-6,17H2,1-3H3,(H,18,23)(H,19,24)(H,20,25)(H,21,22)(H,26,27). The number of hydrogen-bond donors (Lipinski definition) is 7. The Kier molecular flexibility index (Phi) is 11.2. The highest BCUT2D eigenvalue weighted by atomic mass is 32.1. The maximum atomic E-state index is 12.4. The molecule has 0 aromatic rings. The van der Waals surface area contributed by atoms with Crippen molar-refractivity contribution in [3.8, 4) is 0 Å². The van der Waals surface area contributed by atoms with E-state index >= 15 is 0 Å². The third-order valence-corrected chi connectivity index (χ3v) is 4.48. The van der Waals surface area contributed by atoms with Gasteiger partial charge in [-0.05, 0) is 12.8 Å². The van der Waals surface area contributed by atoms with E-state index in [-0.39, 0.29) is 11.7 Å². The number of carboxylic acids is 2. The molecule has 0 fully saturated rings. The zero-order chi connectivity index (χ0) is 22.0. The Morgan fingerprint density at radius 2 is 1.43 bits per heavy atom. The normalized spacial score (nSPS) is 16.0. The molecule has 160 valence electrons. The predicted molar refractivity (Wildman–Crippen MR) is 103 cm³/mol. The van der Waals surface area contributed by atoms with Crippen LogP contribution in [0.4, 0.5) is 0 Å². The zero-order valence-corrected chi connectivity index (χ0v) is 16.9. The lowest BCUT2D eigenvalue weighted by atomic mass is 9.99. The van der Waals surface area contributed by atoms with Crippen molar-refractivity contribution in [3.63, 3.8) is 0 Å². The monoisotopic (exact) mass is 420 g/mol. The summed E-state index contributed by atoms with van der Waals surface area (Å²) >= 11 is 3.99. The number of aliphatic carboxylic acids is 2. The van der Waals surface area contributed by atoms with Crippen molar-refractivity contribution in [1.29, 1.82) is 0 Å². The van der Waals surface area contributed by atoms with Crippen LogP contribution in [0.25, 0.3) is 0 Å². The van der Waals surface area contributed by atoms with Crippen LogP contribution in [0.1, 0.15) is 33.6 Å². The van der Waals surface area contributed by atoms with Gasteiger partial charge in [0.2, 0.25) is 17.7 Å². The van der Waals surface area contributed by atoms with Gasteiger partial charge in [-0.1, -0.05) is 20.3 Å². The number of hydrogen-bond acceptors (Lipinski definition) is 7. The van der Waals surface area contributed by atoms with Crippen LogP contribution in [-0.2, 0) is 24.0 Å². The van der Waals surface area contributed by atoms with Gasteiger partial charge in [-0.15, -0.1) is 0 Å². The Labute approximate surface area is 168 Å². The quantitative estimate of drug-likeness (QED) is 0.182. The molecule has 12 heteroatoms. The van der Waals surface area contributed by atoms with Gasteiger partial charge < -0.3 is 31.9 Å². The fourth-order valence-electron chi connectivity index (χ4n) is 2.01. The smallest absolute Gasteiger partial charge is 0.325 e. The van der Waals surface area contributed by atoms with Crippen molar-refractivity contribution < 1.29 is 34.2 Å². The molecule has 0 rings (SSSR count). The largest absolute Gasteiger partial charge is 0.481 e. The van der Waals surface area contributed by atoms with Crippen LogP contribution in [0, 0.1) is 5.92 Å². The fourth-order valence-corrected chi connectivity index (χ4v) is 2.26. The number of carbonyl (C=O) groups is 5. The first kappa shape index (κ1) is 25.7. The van der Waals surface area contributed by atoms with Crippen molar-refractivity contribution in [2.45, 2.75) is 57.8 Å². The van der Waals surface area contributed by atoms with Gasteiger partial charge in [-0.2, -0.15) is 12.6 Å². The van der Waals surface area contributed by atoms with Gasteiger partial charge in [0.25, 0.3) is 0 Å². The molecule has 0 bridgehead atoms. The molecule has 0 aromatic carbocycles. The molecule has 0 heterocycles. The molecule has 7 N–H and O–H groups in total. The lowest BCUT2D eigenvalue weighted by molar-refractivity contribution is -0.143. The maximum Gasteiger partial charge on any atom is 0.325 e. The molecule has 11 nitrogen and oxygen atoms in total. The summed E-state index contributed by atoms with van der Waals surface area (Å²) in [5.74, 6) is -5.37. The third-order valence-electron chi connectivity index (χ3n) is 4.12. The second kappa shape index (κ2) is 12.2. The molecule has 0 aromatic heterocycles. The van der Waals surface area contributed by atoms with Gasteiger partial charge >= 0.3 is 11.9 Å². The van der Waals surface area contributed by atoms with E-state index in [9.17, 15) is 24.0 Å². The minimum absolute atomic E-state index is 0.127. The molecular weight excluding hydrogens is 392 g/mol. The lowest BCUT2D eigenvalue weighted by Gasteiger charge is -2.24. The minimum Gasteiger partial charge on any atom is -0.481 e. The summed E-state index contributed by atoms with van der Waals surface area (Å²) in [6, 6.07) is -4.83. The Bertz CT molecular complexity index is 602. The van der Waals surface area contributed by atoms with Crippen molar-refractivity contribution in [2.24, 2.45) is 11.7 Å². The average Bonchev–Trinajstić information content (AvgIpc) is 2.62. The Hall–Kier alpha value is -2.34. The highest BCUT2D eigenvalue weighted by Gasteiger charge is 2.30. The van der Waals surface area contributed by atoms with E-state index < -0.39 is 60.2 Å². The van der Waals surface area contributed by atoms with Gasteiger partial charge in [0.1, 0.15) is 18.1 Å². The second-order valence-electron chi connectivity index (χ2n) is 6.38. The first-order valence-electron chi connectivity index (χ1n) is 8.66.